The van der Waals surface area contributed by atoms with Gasteiger partial charge in [-0.1, -0.05) is 37.3 Å². The number of carbonyl (C=O) groups is 1. The molecule has 1 unspecified atom stereocenters. The van der Waals surface area contributed by atoms with E-state index in [0.29, 0.717) is 27.8 Å². The fourth-order valence-electron chi connectivity index (χ4n) is 3.57. The summed E-state index contributed by atoms with van der Waals surface area (Å²) in [6, 6.07) is 9.07. The molecule has 4 nitrogen and oxygen atoms in total. The minimum Gasteiger partial charge on any atom is -0.486 e. The van der Waals surface area contributed by atoms with Gasteiger partial charge in [-0.05, 0) is 68.5 Å². The van der Waals surface area contributed by atoms with Gasteiger partial charge in [0.05, 0.1) is 11.6 Å². The van der Waals surface area contributed by atoms with Crippen molar-refractivity contribution >= 4 is 5.91 Å². The summed E-state index contributed by atoms with van der Waals surface area (Å²) in [6.45, 7) is 11.2. The van der Waals surface area contributed by atoms with Gasteiger partial charge in [-0.3, -0.25) is 4.79 Å². The van der Waals surface area contributed by atoms with Crippen LogP contribution in [0.1, 0.15) is 61.4 Å². The molecule has 0 saturated carbocycles. The first-order valence-corrected chi connectivity index (χ1v) is 11.3. The number of halogens is 3. The quantitative estimate of drug-likeness (QED) is 0.275. The number of amides is 1. The van der Waals surface area contributed by atoms with Gasteiger partial charge < -0.3 is 9.64 Å². The standard InChI is InChI=1S/C28H31F3N2O2/c1-7-20(5)33(6)28(34)19(4)10-17(2)11-23-9-8-18(3)26(25(23)29)35-16-22-12-21(15-32)13-24(14-22)27(30)31/h8-10,12-14,20,27H,2,7,11,16H2,1,3-6H3/b19-10-. The Labute approximate surface area is 205 Å². The minimum absolute atomic E-state index is 0.00420. The van der Waals surface area contributed by atoms with E-state index in [1.165, 1.54) is 12.1 Å². The zero-order valence-corrected chi connectivity index (χ0v) is 20.8. The molecule has 0 fully saturated rings. The molecule has 1 amide bonds. The first-order chi connectivity index (χ1) is 16.5. The van der Waals surface area contributed by atoms with Crippen LogP contribution in [0, 0.1) is 24.1 Å². The molecule has 0 aliphatic heterocycles. The molecule has 0 heterocycles. The lowest BCUT2D eigenvalue weighted by Crippen LogP contribution is -2.35. The average Bonchev–Trinajstić information content (AvgIpc) is 2.83. The van der Waals surface area contributed by atoms with Crippen molar-refractivity contribution in [3.8, 4) is 11.8 Å². The van der Waals surface area contributed by atoms with Crippen LogP contribution in [0.4, 0.5) is 13.2 Å². The fraction of sp³-hybridized carbons (Fsp3) is 0.357. The number of allylic oxidation sites excluding steroid dienone is 2. The van der Waals surface area contributed by atoms with Crippen LogP contribution in [0.15, 0.2) is 54.1 Å². The van der Waals surface area contributed by atoms with Gasteiger partial charge in [0, 0.05) is 24.2 Å². The van der Waals surface area contributed by atoms with Crippen LogP contribution in [0.25, 0.3) is 0 Å². The summed E-state index contributed by atoms with van der Waals surface area (Å²) in [4.78, 5) is 14.2. The number of hydrogen-bond donors (Lipinski definition) is 0. The van der Waals surface area contributed by atoms with Gasteiger partial charge in [0.2, 0.25) is 5.91 Å². The van der Waals surface area contributed by atoms with E-state index in [4.69, 9.17) is 10.00 Å². The molecule has 186 valence electrons. The van der Waals surface area contributed by atoms with E-state index in [-0.39, 0.29) is 41.9 Å². The molecular weight excluding hydrogens is 453 g/mol. The lowest BCUT2D eigenvalue weighted by Gasteiger charge is -2.24. The highest BCUT2D eigenvalue weighted by Crippen LogP contribution is 2.29. The highest BCUT2D eigenvalue weighted by Gasteiger charge is 2.18. The summed E-state index contributed by atoms with van der Waals surface area (Å²) in [5.41, 5.74) is 2.08. The zero-order chi connectivity index (χ0) is 26.3. The molecule has 7 heteroatoms. The number of hydrogen-bond acceptors (Lipinski definition) is 3. The Morgan fingerprint density at radius 1 is 1.29 bits per heavy atom. The number of benzene rings is 2. The highest BCUT2D eigenvalue weighted by molar-refractivity contribution is 5.93. The average molecular weight is 485 g/mol. The molecule has 2 rings (SSSR count). The second-order valence-corrected chi connectivity index (χ2v) is 8.68. The van der Waals surface area contributed by atoms with Gasteiger partial charge in [0.15, 0.2) is 11.6 Å². The van der Waals surface area contributed by atoms with E-state index in [1.807, 2.05) is 19.9 Å². The molecule has 0 aromatic heterocycles. The number of nitriles is 1. The van der Waals surface area contributed by atoms with Crippen molar-refractivity contribution in [3.63, 3.8) is 0 Å². The third-order valence-electron chi connectivity index (χ3n) is 5.90. The van der Waals surface area contributed by atoms with Gasteiger partial charge in [0.25, 0.3) is 6.43 Å². The molecule has 0 saturated heterocycles. The number of aryl methyl sites for hydroxylation is 1. The Morgan fingerprint density at radius 3 is 2.57 bits per heavy atom. The Hall–Kier alpha value is -3.53. The summed E-state index contributed by atoms with van der Waals surface area (Å²) in [6.07, 6.45) is -0.0824. The normalized spacial score (nSPS) is 12.3. The van der Waals surface area contributed by atoms with Gasteiger partial charge in [-0.15, -0.1) is 0 Å². The summed E-state index contributed by atoms with van der Waals surface area (Å²) in [7, 11) is 1.75. The second-order valence-electron chi connectivity index (χ2n) is 8.68. The molecular formula is C28H31F3N2O2. The molecule has 0 aliphatic carbocycles. The van der Waals surface area contributed by atoms with Crippen molar-refractivity contribution in [3.05, 3.63) is 87.8 Å². The molecule has 0 aliphatic rings. The monoisotopic (exact) mass is 484 g/mol. The van der Waals surface area contributed by atoms with Crippen molar-refractivity contribution in [1.29, 1.82) is 5.26 Å². The second kappa shape index (κ2) is 12.3. The van der Waals surface area contributed by atoms with Crippen molar-refractivity contribution < 1.29 is 22.7 Å². The maximum atomic E-state index is 15.3. The maximum Gasteiger partial charge on any atom is 0.263 e. The molecule has 2 aromatic rings. The number of likely N-dealkylation sites (N-methyl/N-ethyl adjacent to an activating group) is 1. The summed E-state index contributed by atoms with van der Waals surface area (Å²) >= 11 is 0. The largest absolute Gasteiger partial charge is 0.486 e. The number of alkyl halides is 2. The van der Waals surface area contributed by atoms with Crippen LogP contribution in [0.3, 0.4) is 0 Å². The maximum absolute atomic E-state index is 15.3. The predicted octanol–water partition coefficient (Wildman–Crippen LogP) is 6.82. The third kappa shape index (κ3) is 7.22. The molecule has 2 aromatic carbocycles. The molecule has 0 bridgehead atoms. The Balaban J connectivity index is 2.20. The van der Waals surface area contributed by atoms with E-state index in [0.717, 1.165) is 12.5 Å². The van der Waals surface area contributed by atoms with Gasteiger partial charge in [0.1, 0.15) is 6.61 Å². The van der Waals surface area contributed by atoms with Crippen LogP contribution in [-0.2, 0) is 17.8 Å². The molecule has 1 atom stereocenters. The smallest absolute Gasteiger partial charge is 0.263 e. The van der Waals surface area contributed by atoms with Gasteiger partial charge >= 0.3 is 0 Å². The van der Waals surface area contributed by atoms with E-state index in [9.17, 15) is 13.6 Å². The Morgan fingerprint density at radius 2 is 1.97 bits per heavy atom. The van der Waals surface area contributed by atoms with Crippen LogP contribution in [-0.4, -0.2) is 23.9 Å². The third-order valence-corrected chi connectivity index (χ3v) is 5.90. The van der Waals surface area contributed by atoms with Crippen LogP contribution >= 0.6 is 0 Å². The van der Waals surface area contributed by atoms with E-state index in [1.54, 1.807) is 44.0 Å². The topological polar surface area (TPSA) is 53.3 Å². The predicted molar refractivity (Wildman–Crippen MR) is 131 cm³/mol. The molecule has 0 N–H and O–H groups in total. The van der Waals surface area contributed by atoms with Crippen LogP contribution in [0.5, 0.6) is 5.75 Å². The van der Waals surface area contributed by atoms with Crippen molar-refractivity contribution in [2.45, 2.75) is 59.6 Å². The fourth-order valence-corrected chi connectivity index (χ4v) is 3.57. The van der Waals surface area contributed by atoms with E-state index < -0.39 is 12.2 Å². The molecule has 0 spiro atoms. The van der Waals surface area contributed by atoms with Gasteiger partial charge in [-0.2, -0.15) is 5.26 Å². The highest BCUT2D eigenvalue weighted by atomic mass is 19.3. The Kier molecular flexibility index (Phi) is 9.70. The molecule has 0 radical (unpaired) electrons. The zero-order valence-electron chi connectivity index (χ0n) is 20.8. The minimum atomic E-state index is -2.73. The summed E-state index contributed by atoms with van der Waals surface area (Å²) in [5.74, 6) is -0.688. The SMILES string of the molecule is C=C(/C=C(/C)C(=O)N(C)C(C)CC)Cc1ccc(C)c(OCc2cc(C#N)cc(C(F)F)c2)c1F. The summed E-state index contributed by atoms with van der Waals surface area (Å²) < 4.78 is 47.2. The van der Waals surface area contributed by atoms with E-state index >= 15 is 4.39 Å². The lowest BCUT2D eigenvalue weighted by atomic mass is 10.0. The van der Waals surface area contributed by atoms with Crippen molar-refractivity contribution in [2.24, 2.45) is 0 Å². The van der Waals surface area contributed by atoms with Crippen LogP contribution < -0.4 is 4.74 Å². The van der Waals surface area contributed by atoms with Crippen LogP contribution in [0.2, 0.25) is 0 Å². The van der Waals surface area contributed by atoms with Crippen molar-refractivity contribution in [2.75, 3.05) is 7.05 Å². The first kappa shape index (κ1) is 27.7. The number of carbonyl (C=O) groups excluding carboxylic acids is 1. The van der Waals surface area contributed by atoms with E-state index in [2.05, 4.69) is 6.58 Å². The summed E-state index contributed by atoms with van der Waals surface area (Å²) in [5, 5.41) is 9.10. The van der Waals surface area contributed by atoms with Gasteiger partial charge in [-0.25, -0.2) is 13.2 Å². The number of ether oxygens (including phenoxy) is 1. The number of rotatable bonds is 10. The molecule has 35 heavy (non-hydrogen) atoms. The van der Waals surface area contributed by atoms with Crippen molar-refractivity contribution in [1.82, 2.24) is 4.90 Å². The first-order valence-electron chi connectivity index (χ1n) is 11.3. The number of nitrogens with zero attached hydrogens (tertiary/aromatic N) is 2. The lowest BCUT2D eigenvalue weighted by molar-refractivity contribution is -0.127. The Bertz CT molecular complexity index is 1170.